The predicted molar refractivity (Wildman–Crippen MR) is 22.0 cm³/mol. The lowest BCUT2D eigenvalue weighted by molar-refractivity contribution is 1.60. The highest BCUT2D eigenvalue weighted by molar-refractivity contribution is 7.21. The second-order valence-electron chi connectivity index (χ2n) is 0.311. The van der Waals surface area contributed by atoms with Crippen LogP contribution < -0.4 is 0 Å². The van der Waals surface area contributed by atoms with Gasteiger partial charge >= 0.3 is 0 Å². The second kappa shape index (κ2) is 2.88. The Morgan fingerprint density at radius 1 is 2.00 bits per heavy atom. The van der Waals surface area contributed by atoms with E-state index in [0.717, 1.165) is 0 Å². The number of nitrogens with one attached hydrogen (secondary N) is 1. The molecule has 0 aliphatic rings. The van der Waals surface area contributed by atoms with Crippen molar-refractivity contribution in [3.05, 3.63) is 5.82 Å². The first-order valence-electron chi connectivity index (χ1n) is 0.872. The third-order valence-corrected chi connectivity index (χ3v) is 0.250. The Balaban J connectivity index is 3.11. The summed E-state index contributed by atoms with van der Waals surface area (Å²) in [5.74, 6) is 3.48. The molecule has 0 bridgehead atoms. The first kappa shape index (κ1) is 3.88. The molecule has 0 saturated heterocycles. The molecule has 0 aromatic heterocycles. The molecule has 0 heterocycles. The molecule has 1 nitrogen and oxygen atoms in total. The van der Waals surface area contributed by atoms with Gasteiger partial charge in [0.15, 0.2) is 0 Å². The Hall–Kier alpha value is -0.120. The molecule has 0 saturated carbocycles. The van der Waals surface area contributed by atoms with E-state index in [0.29, 0.717) is 0 Å². The van der Waals surface area contributed by atoms with E-state index in [1.54, 1.807) is 0 Å². The molecule has 2 heteroatoms. The van der Waals surface area contributed by atoms with Crippen LogP contribution in [-0.2, 0) is 0 Å². The predicted octanol–water partition coefficient (Wildman–Crippen LogP) is 0.624. The fraction of sp³-hybridized carbons (Fsp3) is 0. The van der Waals surface area contributed by atoms with Crippen molar-refractivity contribution in [2.24, 2.45) is 0 Å². The summed E-state index contributed by atoms with van der Waals surface area (Å²) >= 11 is 0. The van der Waals surface area contributed by atoms with Crippen LogP contribution in [0.5, 0.6) is 0 Å². The molecule has 0 aliphatic carbocycles. The van der Waals surface area contributed by atoms with Crippen LogP contribution in [0.2, 0.25) is 0 Å². The van der Waals surface area contributed by atoms with Crippen LogP contribution in [0.3, 0.4) is 0 Å². The molecular weight excluding hydrogens is 69.0 g/mol. The minimum atomic E-state index is 1.46. The van der Waals surface area contributed by atoms with Gasteiger partial charge in [-0.1, -0.05) is 0 Å². The summed E-state index contributed by atoms with van der Waals surface area (Å²) in [6.07, 6.45) is 0. The monoisotopic (exact) mass is 73.0 g/mol. The second-order valence-corrected chi connectivity index (χ2v) is 0.644. The first-order chi connectivity index (χ1) is 1.91. The fourth-order valence-electron chi connectivity index (χ4n) is 0. The molecule has 0 radical (unpaired) electrons. The van der Waals surface area contributed by atoms with Gasteiger partial charge in [0.1, 0.15) is 0 Å². The van der Waals surface area contributed by atoms with E-state index in [-0.39, 0.29) is 0 Å². The third kappa shape index (κ3) is 1.88. The Kier molecular flexibility index (Phi) is 2.79. The van der Waals surface area contributed by atoms with E-state index in [1.165, 1.54) is 5.82 Å². The van der Waals surface area contributed by atoms with Gasteiger partial charge in [0.05, 0.1) is 0 Å². The summed E-state index contributed by atoms with van der Waals surface area (Å²) in [6, 6.07) is 0. The van der Waals surface area contributed by atoms with Crippen LogP contribution in [0.4, 0.5) is 0 Å². The minimum Gasteiger partial charge on any atom is -0.259 e. The van der Waals surface area contributed by atoms with Gasteiger partial charge in [-0.15, -0.1) is 9.24 Å². The van der Waals surface area contributed by atoms with Gasteiger partial charge in [0.25, 0.3) is 0 Å². The summed E-state index contributed by atoms with van der Waals surface area (Å²) in [5, 5.41) is 6.12. The molecule has 4 heavy (non-hydrogen) atoms. The number of rotatable bonds is 0. The molecule has 1 atom stereocenters. The molecule has 0 aromatic carbocycles. The van der Waals surface area contributed by atoms with Crippen molar-refractivity contribution < 1.29 is 0 Å². The minimum absolute atomic E-state index is 1.46. The molecule has 22 valence electrons. The Morgan fingerprint density at radius 2 is 2.25 bits per heavy atom. The topological polar surface area (TPSA) is 23.9 Å². The quantitative estimate of drug-likeness (QED) is 0.321. The van der Waals surface area contributed by atoms with Gasteiger partial charge in [0.2, 0.25) is 0 Å². The molecule has 0 aromatic rings. The van der Waals surface area contributed by atoms with Crippen LogP contribution in [0.25, 0.3) is 0 Å². The Labute approximate surface area is 27.4 Å². The highest BCUT2D eigenvalue weighted by Gasteiger charge is 1.26. The average molecular weight is 73.0 g/mol. The van der Waals surface area contributed by atoms with Crippen molar-refractivity contribution in [1.29, 1.82) is 5.41 Å². The maximum absolute atomic E-state index is 6.12. The van der Waals surface area contributed by atoms with Crippen molar-refractivity contribution in [1.82, 2.24) is 0 Å². The van der Waals surface area contributed by atoms with E-state index in [9.17, 15) is 0 Å². The highest BCUT2D eigenvalue weighted by atomic mass is 31.0. The van der Waals surface area contributed by atoms with Crippen LogP contribution in [0, 0.1) is 5.41 Å². The highest BCUT2D eigenvalue weighted by Crippen LogP contribution is 1.68. The largest absolute Gasteiger partial charge is 0.259 e. The van der Waals surface area contributed by atoms with E-state index in [2.05, 4.69) is 9.24 Å². The van der Waals surface area contributed by atoms with Crippen molar-refractivity contribution in [3.8, 4) is 0 Å². The van der Waals surface area contributed by atoms with Gasteiger partial charge in [-0.2, -0.15) is 0 Å². The summed E-state index contributed by atoms with van der Waals surface area (Å²) in [7, 11) is 2.23. The Bertz CT molecular complexity index is 44.0. The summed E-state index contributed by atoms with van der Waals surface area (Å²) < 4.78 is 0. The molecule has 0 rings (SSSR count). The van der Waals surface area contributed by atoms with Crippen molar-refractivity contribution in [2.75, 3.05) is 0 Å². The maximum atomic E-state index is 6.12. The van der Waals surface area contributed by atoms with Gasteiger partial charge in [0, 0.05) is 0 Å². The van der Waals surface area contributed by atoms with Crippen molar-refractivity contribution in [2.45, 2.75) is 0 Å². The number of hydrogen-bond acceptors (Lipinski definition) is 1. The van der Waals surface area contributed by atoms with Crippen LogP contribution >= 0.6 is 9.24 Å². The molecule has 0 fully saturated rings. The lowest BCUT2D eigenvalue weighted by Crippen LogP contribution is -1.22. The zero-order chi connectivity index (χ0) is 3.41. The van der Waals surface area contributed by atoms with Gasteiger partial charge in [-0.3, -0.25) is 5.41 Å². The standard InChI is InChI=1S/C2H4NP/c3-1-2-4/h2-3H,4H2. The van der Waals surface area contributed by atoms with Crippen LogP contribution in [0.1, 0.15) is 0 Å². The molecule has 0 aliphatic heterocycles. The van der Waals surface area contributed by atoms with E-state index < -0.39 is 0 Å². The summed E-state index contributed by atoms with van der Waals surface area (Å²) in [6.45, 7) is 0. The molecule has 1 N–H and O–H groups in total. The van der Waals surface area contributed by atoms with Crippen LogP contribution in [-0.4, -0.2) is 5.87 Å². The van der Waals surface area contributed by atoms with Crippen molar-refractivity contribution >= 4 is 15.1 Å². The fourth-order valence-corrected chi connectivity index (χ4v) is 0. The lowest BCUT2D eigenvalue weighted by atomic mass is 11.2. The SMILES string of the molecule is N=C=CP. The smallest absolute Gasteiger partial charge is 0.00578 e. The van der Waals surface area contributed by atoms with Gasteiger partial charge < -0.3 is 0 Å². The van der Waals surface area contributed by atoms with Gasteiger partial charge in [-0.25, -0.2) is 0 Å². The third-order valence-electron chi connectivity index (χ3n) is 0.0833. The molecule has 1 unspecified atom stereocenters. The average Bonchev–Trinajstić information content (AvgIpc) is 1.37. The number of hydrogen-bond donors (Lipinski definition) is 1. The normalized spacial score (nSPS) is 4.25. The lowest BCUT2D eigenvalue weighted by Gasteiger charge is -1.36. The molecular formula is C2H4NP. The summed E-state index contributed by atoms with van der Waals surface area (Å²) in [5.41, 5.74) is 0. The first-order valence-corrected chi connectivity index (χ1v) is 1.54. The van der Waals surface area contributed by atoms with Crippen LogP contribution in [0.15, 0.2) is 5.82 Å². The molecule has 0 amide bonds. The summed E-state index contributed by atoms with van der Waals surface area (Å²) in [4.78, 5) is 0. The Morgan fingerprint density at radius 3 is 2.25 bits per heavy atom. The van der Waals surface area contributed by atoms with E-state index in [4.69, 9.17) is 5.41 Å². The zero-order valence-electron chi connectivity index (χ0n) is 2.15. The van der Waals surface area contributed by atoms with E-state index in [1.807, 2.05) is 5.87 Å². The zero-order valence-corrected chi connectivity index (χ0v) is 3.31. The van der Waals surface area contributed by atoms with Gasteiger partial charge in [-0.05, 0) is 11.7 Å². The maximum Gasteiger partial charge on any atom is -0.00578 e. The van der Waals surface area contributed by atoms with E-state index >= 15 is 0 Å². The molecule has 0 spiro atoms. The van der Waals surface area contributed by atoms with Crippen molar-refractivity contribution in [3.63, 3.8) is 0 Å².